The zero-order chi connectivity index (χ0) is 27.6. The van der Waals surface area contributed by atoms with E-state index in [-0.39, 0.29) is 18.4 Å². The van der Waals surface area contributed by atoms with Gasteiger partial charge in [0.25, 0.3) is 0 Å². The van der Waals surface area contributed by atoms with Crippen molar-refractivity contribution in [2.24, 2.45) is 0 Å². The molecule has 0 radical (unpaired) electrons. The molecule has 5 rings (SSSR count). The van der Waals surface area contributed by atoms with Gasteiger partial charge in [-0.15, -0.1) is 0 Å². The number of nitrogens with one attached hydrogen (secondary N) is 1. The van der Waals surface area contributed by atoms with Crippen LogP contribution in [-0.2, 0) is 27.2 Å². The topological polar surface area (TPSA) is 99.8 Å². The van der Waals surface area contributed by atoms with Crippen LogP contribution in [0.3, 0.4) is 0 Å². The van der Waals surface area contributed by atoms with Crippen molar-refractivity contribution >= 4 is 34.9 Å². The van der Waals surface area contributed by atoms with E-state index in [1.807, 2.05) is 32.0 Å². The second kappa shape index (κ2) is 11.3. The second-order valence-corrected chi connectivity index (χ2v) is 10.5. The highest BCUT2D eigenvalue weighted by Crippen LogP contribution is 2.35. The number of para-hydroxylation sites is 1. The van der Waals surface area contributed by atoms with E-state index in [2.05, 4.69) is 10.4 Å². The van der Waals surface area contributed by atoms with E-state index in [1.165, 1.54) is 10.6 Å². The molecule has 204 valence electrons. The summed E-state index contributed by atoms with van der Waals surface area (Å²) < 4.78 is 20.5. The fourth-order valence-corrected chi connectivity index (χ4v) is 4.78. The fraction of sp³-hybridized carbons (Fsp3) is 0.286. The van der Waals surface area contributed by atoms with Crippen LogP contribution in [0.1, 0.15) is 25.5 Å². The third-order valence-corrected chi connectivity index (χ3v) is 6.91. The highest BCUT2D eigenvalue weighted by Gasteiger charge is 2.33. The van der Waals surface area contributed by atoms with Gasteiger partial charge in [0.2, 0.25) is 5.91 Å². The Kier molecular flexibility index (Phi) is 7.86. The van der Waals surface area contributed by atoms with Crippen LogP contribution in [0.15, 0.2) is 73.1 Å². The lowest BCUT2D eigenvalue weighted by molar-refractivity contribution is -0.139. The largest absolute Gasteiger partial charge is 0.494 e. The number of benzene rings is 2. The Bertz CT molecular complexity index is 1470. The van der Waals surface area contributed by atoms with E-state index in [9.17, 15) is 9.90 Å². The normalized spacial score (nSPS) is 17.2. The second-order valence-electron chi connectivity index (χ2n) is 9.65. The number of ether oxygens (including phenoxy) is 3. The molecule has 9 nitrogen and oxygen atoms in total. The van der Waals surface area contributed by atoms with Gasteiger partial charge in [-0.2, -0.15) is 5.10 Å². The van der Waals surface area contributed by atoms with Crippen LogP contribution >= 0.6 is 23.2 Å². The van der Waals surface area contributed by atoms with Gasteiger partial charge in [0.05, 0.1) is 24.4 Å². The van der Waals surface area contributed by atoms with Crippen LogP contribution in [-0.4, -0.2) is 43.9 Å². The smallest absolute Gasteiger partial charge is 0.249 e. The average molecular weight is 571 g/mol. The zero-order valence-electron chi connectivity index (χ0n) is 21.4. The monoisotopic (exact) mass is 570 g/mol. The summed E-state index contributed by atoms with van der Waals surface area (Å²) >= 11 is 12.6. The minimum atomic E-state index is -0.869. The molecule has 11 heteroatoms. The summed E-state index contributed by atoms with van der Waals surface area (Å²) in [5, 5.41) is 19.1. The van der Waals surface area contributed by atoms with Crippen molar-refractivity contribution in [3.8, 4) is 17.4 Å². The maximum atomic E-state index is 13.6. The van der Waals surface area contributed by atoms with Crippen LogP contribution in [0.5, 0.6) is 17.4 Å². The summed E-state index contributed by atoms with van der Waals surface area (Å²) in [5.41, 5.74) is 0.743. The molecule has 4 aromatic rings. The average Bonchev–Trinajstić information content (AvgIpc) is 3.58. The van der Waals surface area contributed by atoms with Crippen LogP contribution in [0.2, 0.25) is 10.0 Å². The van der Waals surface area contributed by atoms with Gasteiger partial charge in [0, 0.05) is 29.8 Å². The van der Waals surface area contributed by atoms with Gasteiger partial charge in [-0.05, 0) is 37.6 Å². The first-order valence-electron chi connectivity index (χ1n) is 12.4. The Hall–Kier alpha value is -3.50. The number of carbonyl (C=O) groups excluding carboxylic acids is 1. The van der Waals surface area contributed by atoms with Gasteiger partial charge >= 0.3 is 0 Å². The van der Waals surface area contributed by atoms with Crippen molar-refractivity contribution in [1.29, 1.82) is 0 Å². The predicted octanol–water partition coefficient (Wildman–Crippen LogP) is 6.06. The number of aromatic hydroxyl groups is 1. The number of hydrogen-bond acceptors (Lipinski definition) is 6. The van der Waals surface area contributed by atoms with Crippen molar-refractivity contribution in [1.82, 2.24) is 14.3 Å². The van der Waals surface area contributed by atoms with Gasteiger partial charge in [-0.1, -0.05) is 53.5 Å². The SMILES string of the molecule is CC1(C)OC[C@@H](Cn2ccc(NC(=O)[C@H](Cc3ccccc3Cl)n3cc(Oc4ccccc4Cl)cc3O)n2)O1. The molecule has 1 aliphatic rings. The summed E-state index contributed by atoms with van der Waals surface area (Å²) in [6.45, 7) is 4.66. The minimum absolute atomic E-state index is 0.148. The van der Waals surface area contributed by atoms with Gasteiger partial charge in [0.15, 0.2) is 17.5 Å². The number of nitrogens with zero attached hydrogens (tertiary/aromatic N) is 3. The summed E-state index contributed by atoms with van der Waals surface area (Å²) in [7, 11) is 0. The van der Waals surface area contributed by atoms with Crippen molar-refractivity contribution < 1.29 is 24.1 Å². The number of amides is 1. The number of aromatic nitrogens is 3. The predicted molar refractivity (Wildman–Crippen MR) is 148 cm³/mol. The summed E-state index contributed by atoms with van der Waals surface area (Å²) in [6, 6.07) is 16.5. The molecule has 3 heterocycles. The van der Waals surface area contributed by atoms with Crippen molar-refractivity contribution in [3.05, 3.63) is 88.7 Å². The first-order valence-corrected chi connectivity index (χ1v) is 13.2. The zero-order valence-corrected chi connectivity index (χ0v) is 22.9. The third-order valence-electron chi connectivity index (χ3n) is 6.23. The minimum Gasteiger partial charge on any atom is -0.494 e. The highest BCUT2D eigenvalue weighted by atomic mass is 35.5. The van der Waals surface area contributed by atoms with Gasteiger partial charge < -0.3 is 29.2 Å². The molecule has 2 aromatic heterocycles. The summed E-state index contributed by atoms with van der Waals surface area (Å²) in [4.78, 5) is 13.6. The third kappa shape index (κ3) is 6.57. The Morgan fingerprint density at radius 2 is 1.92 bits per heavy atom. The Balaban J connectivity index is 1.36. The number of rotatable bonds is 9. The van der Waals surface area contributed by atoms with Gasteiger partial charge in [0.1, 0.15) is 23.6 Å². The maximum absolute atomic E-state index is 13.6. The number of hydrogen-bond donors (Lipinski definition) is 2. The van der Waals surface area contributed by atoms with E-state index >= 15 is 0 Å². The van der Waals surface area contributed by atoms with Crippen LogP contribution in [0, 0.1) is 0 Å². The Labute approximate surface area is 235 Å². The molecular formula is C28H28Cl2N4O5. The summed E-state index contributed by atoms with van der Waals surface area (Å²) in [5.74, 6) is -0.0691. The molecule has 2 atom stereocenters. The molecule has 2 N–H and O–H groups in total. The molecule has 0 aliphatic carbocycles. The van der Waals surface area contributed by atoms with E-state index in [4.69, 9.17) is 37.4 Å². The van der Waals surface area contributed by atoms with Gasteiger partial charge in [-0.3, -0.25) is 9.48 Å². The van der Waals surface area contributed by atoms with Crippen LogP contribution < -0.4 is 10.1 Å². The van der Waals surface area contributed by atoms with E-state index in [0.717, 1.165) is 5.56 Å². The molecule has 0 bridgehead atoms. The lowest BCUT2D eigenvalue weighted by Gasteiger charge is -2.19. The van der Waals surface area contributed by atoms with Gasteiger partial charge in [-0.25, -0.2) is 0 Å². The van der Waals surface area contributed by atoms with E-state index in [1.54, 1.807) is 53.5 Å². The number of anilines is 1. The number of halogens is 2. The molecule has 1 fully saturated rings. The quantitative estimate of drug-likeness (QED) is 0.253. The van der Waals surface area contributed by atoms with Crippen LogP contribution in [0.25, 0.3) is 0 Å². The molecular weight excluding hydrogens is 543 g/mol. The molecule has 2 aromatic carbocycles. The molecule has 0 unspecified atom stereocenters. The number of carbonyl (C=O) groups is 1. The first-order chi connectivity index (χ1) is 18.7. The molecule has 0 saturated carbocycles. The van der Waals surface area contributed by atoms with Crippen LogP contribution in [0.4, 0.5) is 5.82 Å². The molecule has 0 spiro atoms. The van der Waals surface area contributed by atoms with E-state index < -0.39 is 17.7 Å². The molecule has 1 saturated heterocycles. The molecule has 39 heavy (non-hydrogen) atoms. The fourth-order valence-electron chi connectivity index (χ4n) is 4.39. The van der Waals surface area contributed by atoms with Crippen molar-refractivity contribution in [2.45, 2.75) is 44.7 Å². The van der Waals surface area contributed by atoms with Crippen molar-refractivity contribution in [3.63, 3.8) is 0 Å². The highest BCUT2D eigenvalue weighted by molar-refractivity contribution is 6.32. The Morgan fingerprint density at radius 3 is 2.64 bits per heavy atom. The molecule has 1 aliphatic heterocycles. The maximum Gasteiger partial charge on any atom is 0.249 e. The lowest BCUT2D eigenvalue weighted by Crippen LogP contribution is -2.28. The summed E-state index contributed by atoms with van der Waals surface area (Å²) in [6.07, 6.45) is 3.38. The standard InChI is InChI=1S/C28H28Cl2N4O5/c1-28(2)37-17-20(39-28)15-33-12-11-25(32-33)31-27(36)23(13-18-7-3-4-8-21(18)29)34-16-19(14-26(34)35)38-24-10-6-5-9-22(24)30/h3-12,14,16,20,23,35H,13,15,17H2,1-2H3,(H,31,32,36)/t20-,23+/m1/s1. The Morgan fingerprint density at radius 1 is 1.18 bits per heavy atom. The lowest BCUT2D eigenvalue weighted by atomic mass is 10.0. The van der Waals surface area contributed by atoms with E-state index in [0.29, 0.717) is 40.5 Å². The van der Waals surface area contributed by atoms with Crippen molar-refractivity contribution in [2.75, 3.05) is 11.9 Å². The first kappa shape index (κ1) is 27.1. The molecule has 1 amide bonds.